The van der Waals surface area contributed by atoms with Crippen LogP contribution < -0.4 is 10.2 Å². The van der Waals surface area contributed by atoms with Crippen molar-refractivity contribution in [2.24, 2.45) is 0 Å². The van der Waals surface area contributed by atoms with Crippen LogP contribution in [0, 0.1) is 6.92 Å². The predicted octanol–water partition coefficient (Wildman–Crippen LogP) is 4.18. The van der Waals surface area contributed by atoms with Crippen LogP contribution in [0.4, 0.5) is 16.2 Å². The Morgan fingerprint density at radius 2 is 2.05 bits per heavy atom. The number of furan rings is 1. The van der Waals surface area contributed by atoms with E-state index >= 15 is 0 Å². The van der Waals surface area contributed by atoms with Gasteiger partial charge in [-0.25, -0.2) is 4.79 Å². The highest BCUT2D eigenvalue weighted by molar-refractivity contribution is 5.86. The van der Waals surface area contributed by atoms with Crippen LogP contribution in [-0.4, -0.2) is 19.2 Å². The molecule has 22 heavy (non-hydrogen) atoms. The molecule has 0 fully saturated rings. The lowest BCUT2D eigenvalue weighted by Gasteiger charge is -2.22. The zero-order valence-electron chi connectivity index (χ0n) is 13.3. The monoisotopic (exact) mass is 302 g/mol. The van der Waals surface area contributed by atoms with Crippen molar-refractivity contribution in [3.8, 4) is 0 Å². The molecule has 0 bridgehead atoms. The van der Waals surface area contributed by atoms with Gasteiger partial charge in [-0.3, -0.25) is 5.32 Å². The quantitative estimate of drug-likeness (QED) is 0.869. The number of hydrogen-bond acceptors (Lipinski definition) is 4. The second kappa shape index (κ2) is 7.54. The van der Waals surface area contributed by atoms with E-state index in [1.54, 1.807) is 18.4 Å². The molecule has 0 aliphatic heterocycles. The molecule has 1 aromatic heterocycles. The molecule has 0 saturated carbocycles. The van der Waals surface area contributed by atoms with Crippen LogP contribution in [0.1, 0.15) is 25.2 Å². The molecule has 0 unspecified atom stereocenters. The summed E-state index contributed by atoms with van der Waals surface area (Å²) >= 11 is 0. The molecule has 118 valence electrons. The van der Waals surface area contributed by atoms with Gasteiger partial charge in [0.2, 0.25) is 0 Å². The topological polar surface area (TPSA) is 54.7 Å². The van der Waals surface area contributed by atoms with Crippen molar-refractivity contribution < 1.29 is 13.9 Å². The fraction of sp³-hybridized carbons (Fsp3) is 0.353. The average Bonchev–Trinajstić information content (AvgIpc) is 3.02. The number of anilines is 2. The lowest BCUT2D eigenvalue weighted by atomic mass is 10.1. The Hall–Kier alpha value is -2.43. The Morgan fingerprint density at radius 3 is 2.64 bits per heavy atom. The first-order valence-electron chi connectivity index (χ1n) is 7.45. The van der Waals surface area contributed by atoms with E-state index in [1.807, 2.05) is 19.1 Å². The Balaban J connectivity index is 1.96. The lowest BCUT2D eigenvalue weighted by Crippen LogP contribution is -2.22. The van der Waals surface area contributed by atoms with Gasteiger partial charge in [0, 0.05) is 24.5 Å². The molecule has 0 atom stereocenters. The third-order valence-corrected chi connectivity index (χ3v) is 3.50. The first-order chi connectivity index (χ1) is 10.6. The van der Waals surface area contributed by atoms with E-state index in [1.165, 1.54) is 0 Å². The highest BCUT2D eigenvalue weighted by Crippen LogP contribution is 2.22. The maximum absolute atomic E-state index is 11.8. The highest BCUT2D eigenvalue weighted by Gasteiger charge is 2.09. The van der Waals surface area contributed by atoms with Gasteiger partial charge >= 0.3 is 6.09 Å². The van der Waals surface area contributed by atoms with Crippen LogP contribution in [0.25, 0.3) is 0 Å². The number of nitrogens with one attached hydrogen (secondary N) is 1. The van der Waals surface area contributed by atoms with Crippen molar-refractivity contribution >= 4 is 17.5 Å². The summed E-state index contributed by atoms with van der Waals surface area (Å²) in [5.41, 5.74) is 2.90. The molecule has 0 radical (unpaired) electrons. The van der Waals surface area contributed by atoms with Gasteiger partial charge in [-0.2, -0.15) is 0 Å². The summed E-state index contributed by atoms with van der Waals surface area (Å²) in [6.45, 7) is 8.24. The van der Waals surface area contributed by atoms with Crippen molar-refractivity contribution in [3.05, 3.63) is 47.9 Å². The van der Waals surface area contributed by atoms with Crippen molar-refractivity contribution in [1.29, 1.82) is 0 Å². The molecule has 1 N–H and O–H groups in total. The van der Waals surface area contributed by atoms with E-state index in [9.17, 15) is 4.79 Å². The minimum atomic E-state index is -0.491. The van der Waals surface area contributed by atoms with Gasteiger partial charge in [-0.05, 0) is 56.7 Å². The van der Waals surface area contributed by atoms with Crippen LogP contribution in [-0.2, 0) is 11.3 Å². The Morgan fingerprint density at radius 1 is 1.27 bits per heavy atom. The molecule has 5 heteroatoms. The van der Waals surface area contributed by atoms with Crippen LogP contribution in [0.5, 0.6) is 0 Å². The second-order valence-corrected chi connectivity index (χ2v) is 4.95. The fourth-order valence-electron chi connectivity index (χ4n) is 2.25. The van der Waals surface area contributed by atoms with E-state index in [2.05, 4.69) is 30.1 Å². The summed E-state index contributed by atoms with van der Waals surface area (Å²) in [7, 11) is 0. The number of carbonyl (C=O) groups is 1. The van der Waals surface area contributed by atoms with Crippen molar-refractivity contribution in [2.45, 2.75) is 27.4 Å². The number of amides is 1. The summed E-state index contributed by atoms with van der Waals surface area (Å²) in [6.07, 6.45) is 1.06. The maximum Gasteiger partial charge on any atom is 0.412 e. The van der Waals surface area contributed by atoms with Gasteiger partial charge < -0.3 is 14.1 Å². The first kappa shape index (κ1) is 15.9. The average molecular weight is 302 g/mol. The zero-order chi connectivity index (χ0) is 15.9. The first-order valence-corrected chi connectivity index (χ1v) is 7.45. The number of benzene rings is 1. The lowest BCUT2D eigenvalue weighted by molar-refractivity contribution is 0.146. The fourth-order valence-corrected chi connectivity index (χ4v) is 2.25. The van der Waals surface area contributed by atoms with Crippen LogP contribution in [0.15, 0.2) is 41.0 Å². The second-order valence-electron chi connectivity index (χ2n) is 4.95. The maximum atomic E-state index is 11.8. The third-order valence-electron chi connectivity index (χ3n) is 3.50. The Bertz CT molecular complexity index is 604. The van der Waals surface area contributed by atoms with Gasteiger partial charge in [0.25, 0.3) is 0 Å². The molecular weight excluding hydrogens is 280 g/mol. The number of ether oxygens (including phenoxy) is 1. The van der Waals surface area contributed by atoms with Crippen LogP contribution in [0.3, 0.4) is 0 Å². The number of carbonyl (C=O) groups excluding carboxylic acids is 1. The molecule has 1 aromatic carbocycles. The SMILES string of the molecule is CCN(CC)c1ccc(NC(=O)OCc2ccco2)c(C)c1. The summed E-state index contributed by atoms with van der Waals surface area (Å²) in [5, 5.41) is 2.75. The minimum Gasteiger partial charge on any atom is -0.466 e. The molecular formula is C17H22N2O3. The minimum absolute atomic E-state index is 0.120. The Kier molecular flexibility index (Phi) is 5.47. The number of rotatable bonds is 6. The number of aryl methyl sites for hydroxylation is 1. The third kappa shape index (κ3) is 4.04. The molecule has 2 aromatic rings. The summed E-state index contributed by atoms with van der Waals surface area (Å²) in [6, 6.07) is 9.48. The van der Waals surface area contributed by atoms with E-state index in [4.69, 9.17) is 9.15 Å². The van der Waals surface area contributed by atoms with Gasteiger partial charge in [0.15, 0.2) is 6.61 Å². The van der Waals surface area contributed by atoms with E-state index in [-0.39, 0.29) is 6.61 Å². The van der Waals surface area contributed by atoms with Crippen LogP contribution >= 0.6 is 0 Å². The molecule has 0 aliphatic rings. The van der Waals surface area contributed by atoms with E-state index in [0.717, 1.165) is 30.0 Å². The smallest absolute Gasteiger partial charge is 0.412 e. The molecule has 2 rings (SSSR count). The number of nitrogens with zero attached hydrogens (tertiary/aromatic N) is 1. The van der Waals surface area contributed by atoms with E-state index in [0.29, 0.717) is 5.76 Å². The number of hydrogen-bond donors (Lipinski definition) is 1. The van der Waals surface area contributed by atoms with Crippen molar-refractivity contribution in [2.75, 3.05) is 23.3 Å². The van der Waals surface area contributed by atoms with Crippen molar-refractivity contribution in [3.63, 3.8) is 0 Å². The normalized spacial score (nSPS) is 10.3. The van der Waals surface area contributed by atoms with Crippen LogP contribution in [0.2, 0.25) is 0 Å². The summed E-state index contributed by atoms with van der Waals surface area (Å²) in [5.74, 6) is 0.615. The highest BCUT2D eigenvalue weighted by atomic mass is 16.6. The standard InChI is InChI=1S/C17H22N2O3/c1-4-19(5-2)14-8-9-16(13(3)11-14)18-17(20)22-12-15-7-6-10-21-15/h6-11H,4-5,12H2,1-3H3,(H,18,20). The van der Waals surface area contributed by atoms with Gasteiger partial charge in [0.1, 0.15) is 5.76 Å². The summed E-state index contributed by atoms with van der Waals surface area (Å²) in [4.78, 5) is 14.1. The summed E-state index contributed by atoms with van der Waals surface area (Å²) < 4.78 is 10.2. The molecule has 1 heterocycles. The zero-order valence-corrected chi connectivity index (χ0v) is 13.3. The van der Waals surface area contributed by atoms with Crippen molar-refractivity contribution in [1.82, 2.24) is 0 Å². The Labute approximate surface area is 130 Å². The molecule has 0 aliphatic carbocycles. The molecule has 0 saturated heterocycles. The molecule has 0 spiro atoms. The van der Waals surface area contributed by atoms with Gasteiger partial charge in [-0.15, -0.1) is 0 Å². The predicted molar refractivity (Wildman–Crippen MR) is 87.3 cm³/mol. The van der Waals surface area contributed by atoms with Gasteiger partial charge in [-0.1, -0.05) is 0 Å². The van der Waals surface area contributed by atoms with Gasteiger partial charge in [0.05, 0.1) is 6.26 Å². The molecule has 5 nitrogen and oxygen atoms in total. The molecule has 1 amide bonds. The largest absolute Gasteiger partial charge is 0.466 e. The van der Waals surface area contributed by atoms with E-state index < -0.39 is 6.09 Å².